The molecule has 90 valence electrons. The van der Waals surface area contributed by atoms with Crippen LogP contribution in [0.5, 0.6) is 0 Å². The van der Waals surface area contributed by atoms with Gasteiger partial charge >= 0.3 is 18.0 Å². The van der Waals surface area contributed by atoms with Crippen LogP contribution < -0.4 is 5.32 Å². The molecule has 16 heavy (non-hydrogen) atoms. The van der Waals surface area contributed by atoms with Gasteiger partial charge in [0.05, 0.1) is 13.5 Å². The summed E-state index contributed by atoms with van der Waals surface area (Å²) in [6.07, 6.45) is 0.0702. The zero-order valence-corrected chi connectivity index (χ0v) is 8.93. The van der Waals surface area contributed by atoms with E-state index < -0.39 is 11.9 Å². The van der Waals surface area contributed by atoms with Crippen molar-refractivity contribution in [1.82, 2.24) is 10.2 Å². The number of nitrogens with zero attached hydrogens (tertiary/aromatic N) is 1. The number of aliphatic carboxylic acids is 1. The molecule has 2 amide bonds. The molecule has 1 fully saturated rings. The number of hydrogen-bond acceptors (Lipinski definition) is 4. The number of ether oxygens (including phenoxy) is 1. The predicted molar refractivity (Wildman–Crippen MR) is 52.7 cm³/mol. The molecule has 0 aromatic heterocycles. The molecular formula is C9H14N2O5. The fourth-order valence-corrected chi connectivity index (χ4v) is 1.44. The Labute approximate surface area is 92.4 Å². The summed E-state index contributed by atoms with van der Waals surface area (Å²) in [6.45, 7) is 0.661. The molecule has 1 aliphatic heterocycles. The number of carbonyl (C=O) groups excluding carboxylic acids is 2. The summed E-state index contributed by atoms with van der Waals surface area (Å²) in [6, 6.07) is -0.368. The first-order valence-electron chi connectivity index (χ1n) is 4.84. The van der Waals surface area contributed by atoms with Crippen molar-refractivity contribution in [2.45, 2.75) is 6.42 Å². The maximum Gasteiger partial charge on any atom is 0.325 e. The molecule has 1 saturated heterocycles. The average molecular weight is 230 g/mol. The molecule has 0 aliphatic carbocycles. The normalized spacial score (nSPS) is 15.2. The molecule has 7 heteroatoms. The third-order valence-electron chi connectivity index (χ3n) is 2.32. The summed E-state index contributed by atoms with van der Waals surface area (Å²) in [5.41, 5.74) is 0. The number of urea groups is 1. The summed E-state index contributed by atoms with van der Waals surface area (Å²) in [5.74, 6) is -1.36. The van der Waals surface area contributed by atoms with E-state index in [2.05, 4.69) is 10.1 Å². The van der Waals surface area contributed by atoms with Gasteiger partial charge in [0, 0.05) is 19.0 Å². The number of methoxy groups -OCH3 is 1. The fourth-order valence-electron chi connectivity index (χ4n) is 1.44. The number of rotatable bonds is 4. The van der Waals surface area contributed by atoms with Gasteiger partial charge in [-0.1, -0.05) is 0 Å². The van der Waals surface area contributed by atoms with Gasteiger partial charge in [0.25, 0.3) is 0 Å². The van der Waals surface area contributed by atoms with Crippen molar-refractivity contribution >= 4 is 18.0 Å². The first-order valence-corrected chi connectivity index (χ1v) is 4.84. The van der Waals surface area contributed by atoms with Gasteiger partial charge in [0.1, 0.15) is 6.54 Å². The zero-order valence-electron chi connectivity index (χ0n) is 8.93. The van der Waals surface area contributed by atoms with Gasteiger partial charge in [-0.15, -0.1) is 0 Å². The van der Waals surface area contributed by atoms with Crippen molar-refractivity contribution in [3.8, 4) is 0 Å². The van der Waals surface area contributed by atoms with E-state index in [1.165, 1.54) is 12.0 Å². The summed E-state index contributed by atoms with van der Waals surface area (Å²) in [7, 11) is 1.24. The second-order valence-electron chi connectivity index (χ2n) is 3.60. The first kappa shape index (κ1) is 12.3. The summed E-state index contributed by atoms with van der Waals surface area (Å²) in [4.78, 5) is 33.9. The highest BCUT2D eigenvalue weighted by Gasteiger charge is 2.31. The second kappa shape index (κ2) is 5.34. The van der Waals surface area contributed by atoms with Gasteiger partial charge in [-0.05, 0) is 0 Å². The van der Waals surface area contributed by atoms with E-state index in [0.29, 0.717) is 13.1 Å². The monoisotopic (exact) mass is 230 g/mol. The zero-order chi connectivity index (χ0) is 12.1. The van der Waals surface area contributed by atoms with Crippen molar-refractivity contribution in [3.05, 3.63) is 0 Å². The van der Waals surface area contributed by atoms with Crippen LogP contribution in [0, 0.1) is 5.92 Å². The van der Waals surface area contributed by atoms with Gasteiger partial charge < -0.3 is 20.1 Å². The Balaban J connectivity index is 2.17. The minimum Gasteiger partial charge on any atom is -0.481 e. The van der Waals surface area contributed by atoms with Crippen LogP contribution in [-0.4, -0.2) is 54.7 Å². The van der Waals surface area contributed by atoms with Crippen LogP contribution in [0.1, 0.15) is 6.42 Å². The number of esters is 1. The molecule has 1 rings (SSSR count). The minimum atomic E-state index is -0.861. The van der Waals surface area contributed by atoms with E-state index in [-0.39, 0.29) is 24.9 Å². The van der Waals surface area contributed by atoms with Crippen molar-refractivity contribution in [3.63, 3.8) is 0 Å². The largest absolute Gasteiger partial charge is 0.481 e. The smallest absolute Gasteiger partial charge is 0.325 e. The molecule has 0 bridgehead atoms. The third-order valence-corrected chi connectivity index (χ3v) is 2.32. The summed E-state index contributed by atoms with van der Waals surface area (Å²) < 4.78 is 4.36. The Morgan fingerprint density at radius 3 is 2.56 bits per heavy atom. The predicted octanol–water partition coefficient (Wildman–Crippen LogP) is -0.724. The maximum absolute atomic E-state index is 11.3. The highest BCUT2D eigenvalue weighted by molar-refractivity contribution is 5.81. The number of likely N-dealkylation sites (tertiary alicyclic amines) is 1. The summed E-state index contributed by atoms with van der Waals surface area (Å²) >= 11 is 0. The molecule has 0 aromatic rings. The summed E-state index contributed by atoms with van der Waals surface area (Å²) in [5, 5.41) is 10.9. The van der Waals surface area contributed by atoms with E-state index in [4.69, 9.17) is 5.11 Å². The number of carbonyl (C=O) groups is 3. The van der Waals surface area contributed by atoms with E-state index in [0.717, 1.165) is 0 Å². The lowest BCUT2D eigenvalue weighted by Gasteiger charge is -2.38. The highest BCUT2D eigenvalue weighted by Crippen LogP contribution is 2.18. The topological polar surface area (TPSA) is 95.9 Å². The molecule has 0 radical (unpaired) electrons. The molecule has 0 unspecified atom stereocenters. The van der Waals surface area contributed by atoms with Crippen LogP contribution in [0.3, 0.4) is 0 Å². The molecule has 0 atom stereocenters. The lowest BCUT2D eigenvalue weighted by atomic mass is 9.97. The lowest BCUT2D eigenvalue weighted by Crippen LogP contribution is -2.54. The fraction of sp³-hybridized carbons (Fsp3) is 0.667. The van der Waals surface area contributed by atoms with Crippen molar-refractivity contribution < 1.29 is 24.2 Å². The van der Waals surface area contributed by atoms with Crippen LogP contribution >= 0.6 is 0 Å². The van der Waals surface area contributed by atoms with Gasteiger partial charge in [-0.25, -0.2) is 4.79 Å². The van der Waals surface area contributed by atoms with E-state index in [1.54, 1.807) is 0 Å². The Morgan fingerprint density at radius 2 is 2.06 bits per heavy atom. The Morgan fingerprint density at radius 1 is 1.44 bits per heavy atom. The quantitative estimate of drug-likeness (QED) is 0.621. The Bertz CT molecular complexity index is 298. The molecule has 7 nitrogen and oxygen atoms in total. The van der Waals surface area contributed by atoms with Crippen LogP contribution in [0.4, 0.5) is 4.79 Å². The van der Waals surface area contributed by atoms with Crippen molar-refractivity contribution in [2.75, 3.05) is 26.7 Å². The lowest BCUT2D eigenvalue weighted by molar-refractivity contribution is -0.139. The van der Waals surface area contributed by atoms with E-state index in [1.807, 2.05) is 0 Å². The van der Waals surface area contributed by atoms with Gasteiger partial charge in [0.15, 0.2) is 0 Å². The van der Waals surface area contributed by atoms with E-state index in [9.17, 15) is 14.4 Å². The second-order valence-corrected chi connectivity index (χ2v) is 3.60. The van der Waals surface area contributed by atoms with E-state index >= 15 is 0 Å². The first-order chi connectivity index (χ1) is 7.52. The third kappa shape index (κ3) is 3.41. The number of hydrogen-bond donors (Lipinski definition) is 2. The van der Waals surface area contributed by atoms with Crippen LogP contribution in [0.15, 0.2) is 0 Å². The maximum atomic E-state index is 11.3. The van der Waals surface area contributed by atoms with Gasteiger partial charge in [0.2, 0.25) is 0 Å². The van der Waals surface area contributed by atoms with Crippen LogP contribution in [-0.2, 0) is 14.3 Å². The van der Waals surface area contributed by atoms with Crippen molar-refractivity contribution in [2.24, 2.45) is 5.92 Å². The standard InChI is InChI=1S/C9H14N2O5/c1-16-8(14)3-10-9(15)11-4-6(5-11)2-7(12)13/h6H,2-5H2,1H3,(H,10,15)(H,12,13). The number of carboxylic acids is 1. The Kier molecular flexibility index (Phi) is 4.10. The molecular weight excluding hydrogens is 216 g/mol. The van der Waals surface area contributed by atoms with Gasteiger partial charge in [-0.3, -0.25) is 9.59 Å². The Hall–Kier alpha value is -1.79. The molecule has 1 heterocycles. The number of amides is 2. The number of nitrogens with one attached hydrogen (secondary N) is 1. The van der Waals surface area contributed by atoms with Crippen molar-refractivity contribution in [1.29, 1.82) is 0 Å². The molecule has 0 spiro atoms. The van der Waals surface area contributed by atoms with Crippen LogP contribution in [0.2, 0.25) is 0 Å². The average Bonchev–Trinajstić information content (AvgIpc) is 2.18. The minimum absolute atomic E-state index is 0.0152. The highest BCUT2D eigenvalue weighted by atomic mass is 16.5. The molecule has 0 aromatic carbocycles. The number of carboxylic acid groups (broad SMARTS) is 1. The molecule has 2 N–H and O–H groups in total. The molecule has 0 saturated carbocycles. The van der Waals surface area contributed by atoms with Crippen LogP contribution in [0.25, 0.3) is 0 Å². The molecule has 1 aliphatic rings. The SMILES string of the molecule is COC(=O)CNC(=O)N1CC(CC(=O)O)C1. The van der Waals surface area contributed by atoms with Gasteiger partial charge in [-0.2, -0.15) is 0 Å².